The number of amides is 1. The average molecular weight is 344 g/mol. The Labute approximate surface area is 145 Å². The SMILES string of the molecule is O=C(NC1CN2CCC1C2)c1ccc(Oc2ccc(Cl)cn2)cc1. The van der Waals surface area contributed by atoms with E-state index < -0.39 is 0 Å². The molecule has 0 radical (unpaired) electrons. The van der Waals surface area contributed by atoms with E-state index in [4.69, 9.17) is 16.3 Å². The summed E-state index contributed by atoms with van der Waals surface area (Å²) < 4.78 is 5.63. The third kappa shape index (κ3) is 3.23. The van der Waals surface area contributed by atoms with Crippen molar-refractivity contribution in [2.24, 2.45) is 5.92 Å². The van der Waals surface area contributed by atoms with Crippen LogP contribution in [0, 0.1) is 5.92 Å². The molecule has 5 nitrogen and oxygen atoms in total. The first-order chi connectivity index (χ1) is 11.7. The van der Waals surface area contributed by atoms with E-state index in [1.807, 2.05) is 0 Å². The van der Waals surface area contributed by atoms with Crippen LogP contribution in [0.2, 0.25) is 5.02 Å². The Morgan fingerprint density at radius 2 is 2.04 bits per heavy atom. The number of halogens is 1. The number of nitrogens with one attached hydrogen (secondary N) is 1. The molecule has 2 saturated heterocycles. The molecule has 1 amide bonds. The predicted octanol–water partition coefficient (Wildman–Crippen LogP) is 2.96. The number of carbonyl (C=O) groups is 1. The monoisotopic (exact) mass is 343 g/mol. The molecular formula is C18H18ClN3O2. The van der Waals surface area contributed by atoms with Crippen LogP contribution in [0.25, 0.3) is 0 Å². The standard InChI is InChI=1S/C18H18ClN3O2/c19-14-3-6-17(20-9-14)24-15-4-1-12(2-5-15)18(23)21-16-11-22-8-7-13(16)10-22/h1-6,9,13,16H,7-8,10-11H2,(H,21,23). The van der Waals surface area contributed by atoms with E-state index in [0.29, 0.717) is 28.1 Å². The zero-order chi connectivity index (χ0) is 16.5. The largest absolute Gasteiger partial charge is 0.439 e. The molecule has 124 valence electrons. The molecule has 6 heteroatoms. The quantitative estimate of drug-likeness (QED) is 0.927. The Balaban J connectivity index is 1.38. The van der Waals surface area contributed by atoms with Gasteiger partial charge in [-0.1, -0.05) is 11.6 Å². The van der Waals surface area contributed by atoms with Crippen molar-refractivity contribution < 1.29 is 9.53 Å². The van der Waals surface area contributed by atoms with Crippen LogP contribution in [0.5, 0.6) is 11.6 Å². The second-order valence-corrected chi connectivity index (χ2v) is 6.77. The van der Waals surface area contributed by atoms with Gasteiger partial charge in [-0.3, -0.25) is 4.79 Å². The van der Waals surface area contributed by atoms with Gasteiger partial charge in [0.2, 0.25) is 5.88 Å². The van der Waals surface area contributed by atoms with Gasteiger partial charge in [0.1, 0.15) is 5.75 Å². The molecule has 24 heavy (non-hydrogen) atoms. The van der Waals surface area contributed by atoms with Gasteiger partial charge in [-0.2, -0.15) is 0 Å². The molecule has 2 fully saturated rings. The number of carbonyl (C=O) groups excluding carboxylic acids is 1. The summed E-state index contributed by atoms with van der Waals surface area (Å²) in [4.78, 5) is 18.9. The van der Waals surface area contributed by atoms with E-state index >= 15 is 0 Å². The molecule has 4 rings (SSSR count). The summed E-state index contributed by atoms with van der Waals surface area (Å²) in [5.74, 6) is 1.68. The van der Waals surface area contributed by atoms with E-state index in [1.165, 1.54) is 19.2 Å². The minimum absolute atomic E-state index is 0.0232. The van der Waals surface area contributed by atoms with Crippen LogP contribution < -0.4 is 10.1 Å². The van der Waals surface area contributed by atoms with Gasteiger partial charge in [0.15, 0.2) is 0 Å². The summed E-state index contributed by atoms with van der Waals surface area (Å²) in [7, 11) is 0. The van der Waals surface area contributed by atoms with Gasteiger partial charge < -0.3 is 15.0 Å². The van der Waals surface area contributed by atoms with Crippen molar-refractivity contribution in [2.75, 3.05) is 19.6 Å². The van der Waals surface area contributed by atoms with Crippen molar-refractivity contribution in [2.45, 2.75) is 12.5 Å². The number of rotatable bonds is 4. The van der Waals surface area contributed by atoms with Gasteiger partial charge in [-0.15, -0.1) is 0 Å². The first-order valence-electron chi connectivity index (χ1n) is 8.10. The maximum Gasteiger partial charge on any atom is 0.251 e. The lowest BCUT2D eigenvalue weighted by molar-refractivity contribution is 0.0924. The van der Waals surface area contributed by atoms with E-state index in [2.05, 4.69) is 15.2 Å². The number of aromatic nitrogens is 1. The maximum atomic E-state index is 12.4. The number of pyridine rings is 1. The number of hydrogen-bond donors (Lipinski definition) is 1. The Morgan fingerprint density at radius 1 is 1.21 bits per heavy atom. The highest BCUT2D eigenvalue weighted by Gasteiger charge is 2.38. The number of ether oxygens (including phenoxy) is 1. The fourth-order valence-electron chi connectivity index (χ4n) is 3.42. The van der Waals surface area contributed by atoms with Crippen LogP contribution in [-0.2, 0) is 0 Å². The summed E-state index contributed by atoms with van der Waals surface area (Å²) in [6.45, 7) is 3.26. The van der Waals surface area contributed by atoms with Crippen LogP contribution in [0.1, 0.15) is 16.8 Å². The second-order valence-electron chi connectivity index (χ2n) is 6.33. The van der Waals surface area contributed by atoms with Crippen LogP contribution in [0.3, 0.4) is 0 Å². The summed E-state index contributed by atoms with van der Waals surface area (Å²) in [5.41, 5.74) is 0.643. The summed E-state index contributed by atoms with van der Waals surface area (Å²) in [6, 6.07) is 10.8. The lowest BCUT2D eigenvalue weighted by atomic mass is 9.99. The number of nitrogens with zero attached hydrogens (tertiary/aromatic N) is 2. The van der Waals surface area contributed by atoms with Crippen molar-refractivity contribution >= 4 is 17.5 Å². The molecule has 2 aliphatic heterocycles. The molecule has 1 aromatic heterocycles. The fraction of sp³-hybridized carbons (Fsp3) is 0.333. The minimum Gasteiger partial charge on any atom is -0.439 e. The maximum absolute atomic E-state index is 12.4. The molecule has 0 saturated carbocycles. The minimum atomic E-state index is -0.0232. The number of fused-ring (bicyclic) bond motifs is 2. The van der Waals surface area contributed by atoms with Gasteiger partial charge in [0.05, 0.1) is 5.02 Å². The molecule has 2 aliphatic rings. The molecule has 3 unspecified atom stereocenters. The highest BCUT2D eigenvalue weighted by atomic mass is 35.5. The van der Waals surface area contributed by atoms with Gasteiger partial charge >= 0.3 is 0 Å². The van der Waals surface area contributed by atoms with Crippen molar-refractivity contribution in [3.63, 3.8) is 0 Å². The van der Waals surface area contributed by atoms with E-state index in [0.717, 1.165) is 13.1 Å². The molecule has 0 spiro atoms. The Kier molecular flexibility index (Phi) is 4.12. The molecule has 3 heterocycles. The predicted molar refractivity (Wildman–Crippen MR) is 91.6 cm³/mol. The van der Waals surface area contributed by atoms with Crippen LogP contribution >= 0.6 is 11.6 Å². The Bertz CT molecular complexity index is 733. The molecule has 3 atom stereocenters. The molecule has 2 aromatic rings. The zero-order valence-electron chi connectivity index (χ0n) is 13.1. The van der Waals surface area contributed by atoms with Gasteiger partial charge in [-0.05, 0) is 49.2 Å². The Morgan fingerprint density at radius 3 is 2.67 bits per heavy atom. The van der Waals surface area contributed by atoms with Gasteiger partial charge in [0.25, 0.3) is 5.91 Å². The van der Waals surface area contributed by atoms with Crippen LogP contribution in [0.15, 0.2) is 42.6 Å². The topological polar surface area (TPSA) is 54.5 Å². The summed E-state index contributed by atoms with van der Waals surface area (Å²) >= 11 is 5.80. The number of piperidine rings is 1. The fourth-order valence-corrected chi connectivity index (χ4v) is 3.53. The van der Waals surface area contributed by atoms with Crippen molar-refractivity contribution in [1.82, 2.24) is 15.2 Å². The normalized spacial score (nSPS) is 24.8. The average Bonchev–Trinajstić information content (AvgIpc) is 3.20. The first-order valence-corrected chi connectivity index (χ1v) is 8.48. The lowest BCUT2D eigenvalue weighted by Gasteiger charge is -2.23. The number of hydrogen-bond acceptors (Lipinski definition) is 4. The third-order valence-electron chi connectivity index (χ3n) is 4.69. The van der Waals surface area contributed by atoms with Crippen molar-refractivity contribution in [3.05, 3.63) is 53.2 Å². The van der Waals surface area contributed by atoms with Gasteiger partial charge in [0, 0.05) is 37.0 Å². The summed E-state index contributed by atoms with van der Waals surface area (Å²) in [5, 5.41) is 3.71. The van der Waals surface area contributed by atoms with Crippen LogP contribution in [-0.4, -0.2) is 41.5 Å². The lowest BCUT2D eigenvalue weighted by Crippen LogP contribution is -2.43. The highest BCUT2D eigenvalue weighted by Crippen LogP contribution is 2.28. The zero-order valence-corrected chi connectivity index (χ0v) is 13.9. The molecule has 2 bridgehead atoms. The Hall–Kier alpha value is -2.11. The van der Waals surface area contributed by atoms with E-state index in [9.17, 15) is 4.79 Å². The molecular weight excluding hydrogens is 326 g/mol. The van der Waals surface area contributed by atoms with Crippen LogP contribution in [0.4, 0.5) is 0 Å². The molecule has 0 aliphatic carbocycles. The number of benzene rings is 1. The molecule has 1 aromatic carbocycles. The van der Waals surface area contributed by atoms with E-state index in [1.54, 1.807) is 36.4 Å². The van der Waals surface area contributed by atoms with Crippen molar-refractivity contribution in [3.8, 4) is 11.6 Å². The van der Waals surface area contributed by atoms with Gasteiger partial charge in [-0.25, -0.2) is 4.98 Å². The molecule has 1 N–H and O–H groups in total. The first kappa shape index (κ1) is 15.4. The highest BCUT2D eigenvalue weighted by molar-refractivity contribution is 6.30. The second kappa shape index (κ2) is 6.42. The van der Waals surface area contributed by atoms with E-state index in [-0.39, 0.29) is 11.9 Å². The smallest absolute Gasteiger partial charge is 0.251 e. The van der Waals surface area contributed by atoms with Crippen molar-refractivity contribution in [1.29, 1.82) is 0 Å². The third-order valence-corrected chi connectivity index (χ3v) is 4.91. The summed E-state index contributed by atoms with van der Waals surface area (Å²) in [6.07, 6.45) is 2.72.